The molecule has 0 saturated heterocycles. The average Bonchev–Trinajstić information content (AvgIpc) is 2.70. The summed E-state index contributed by atoms with van der Waals surface area (Å²) in [6.45, 7) is 0.942. The Hall–Kier alpha value is -2.05. The number of fused-ring (bicyclic) bond motifs is 1. The van der Waals surface area contributed by atoms with Crippen LogP contribution in [0.15, 0.2) is 53.4 Å². The van der Waals surface area contributed by atoms with Gasteiger partial charge < -0.3 is 10.5 Å². The lowest BCUT2D eigenvalue weighted by molar-refractivity contribution is 0.293. The lowest BCUT2D eigenvalue weighted by Crippen LogP contribution is -2.32. The van der Waals surface area contributed by atoms with Gasteiger partial charge in [0.1, 0.15) is 12.4 Å². The molecule has 0 spiro atoms. The third kappa shape index (κ3) is 2.72. The fraction of sp³-hybridized carbons (Fsp3) is 0.200. The zero-order chi connectivity index (χ0) is 14.9. The van der Waals surface area contributed by atoms with Crippen LogP contribution >= 0.6 is 0 Å². The van der Waals surface area contributed by atoms with Crippen molar-refractivity contribution in [2.45, 2.75) is 11.4 Å². The summed E-state index contributed by atoms with van der Waals surface area (Å²) in [5.41, 5.74) is 6.98. The van der Waals surface area contributed by atoms with Crippen LogP contribution in [0.2, 0.25) is 0 Å². The van der Waals surface area contributed by atoms with Crippen LogP contribution in [0.1, 0.15) is 5.56 Å². The fourth-order valence-electron chi connectivity index (χ4n) is 2.33. The van der Waals surface area contributed by atoms with E-state index in [-0.39, 0.29) is 4.90 Å². The van der Waals surface area contributed by atoms with Crippen molar-refractivity contribution in [2.75, 3.05) is 18.9 Å². The zero-order valence-corrected chi connectivity index (χ0v) is 12.2. The van der Waals surface area contributed by atoms with Gasteiger partial charge in [0.15, 0.2) is 0 Å². The summed E-state index contributed by atoms with van der Waals surface area (Å²) in [5, 5.41) is 0. The van der Waals surface area contributed by atoms with Gasteiger partial charge in [0, 0.05) is 24.3 Å². The highest BCUT2D eigenvalue weighted by atomic mass is 32.2. The van der Waals surface area contributed by atoms with Crippen molar-refractivity contribution >= 4 is 15.7 Å². The Kier molecular flexibility index (Phi) is 3.57. The minimum atomic E-state index is -3.58. The Labute approximate surface area is 124 Å². The number of anilines is 1. The van der Waals surface area contributed by atoms with Crippen molar-refractivity contribution in [3.63, 3.8) is 0 Å². The highest BCUT2D eigenvalue weighted by Gasteiger charge is 2.27. The summed E-state index contributed by atoms with van der Waals surface area (Å²) in [5.74, 6) is 0.739. The second-order valence-electron chi connectivity index (χ2n) is 4.87. The summed E-state index contributed by atoms with van der Waals surface area (Å²) in [6, 6.07) is 13.8. The number of hydrogen-bond acceptors (Lipinski definition) is 4. The van der Waals surface area contributed by atoms with Gasteiger partial charge >= 0.3 is 0 Å². The summed E-state index contributed by atoms with van der Waals surface area (Å²) in [7, 11) is -3.58. The Morgan fingerprint density at radius 2 is 1.90 bits per heavy atom. The summed E-state index contributed by atoms with van der Waals surface area (Å²) in [4.78, 5) is 0.210. The summed E-state index contributed by atoms with van der Waals surface area (Å²) < 4.78 is 32.5. The maximum absolute atomic E-state index is 12.7. The molecule has 2 aromatic carbocycles. The van der Waals surface area contributed by atoms with Crippen LogP contribution in [0.3, 0.4) is 0 Å². The first kappa shape index (κ1) is 13.9. The number of hydrogen-bond donors (Lipinski definition) is 1. The second kappa shape index (κ2) is 5.38. The molecule has 0 aliphatic carbocycles. The van der Waals surface area contributed by atoms with Gasteiger partial charge in [-0.15, -0.1) is 0 Å². The van der Waals surface area contributed by atoms with Crippen LogP contribution in [0.4, 0.5) is 5.69 Å². The zero-order valence-electron chi connectivity index (χ0n) is 11.4. The number of sulfonamides is 1. The SMILES string of the molecule is Nc1cccc(S(=O)(=O)N2CCOc3ccccc3C2)c1. The van der Waals surface area contributed by atoms with Crippen LogP contribution in [0.5, 0.6) is 5.75 Å². The molecule has 5 nitrogen and oxygen atoms in total. The molecule has 21 heavy (non-hydrogen) atoms. The van der Waals surface area contributed by atoms with Crippen LogP contribution in [0.25, 0.3) is 0 Å². The highest BCUT2D eigenvalue weighted by molar-refractivity contribution is 7.89. The van der Waals surface area contributed by atoms with Gasteiger partial charge in [-0.25, -0.2) is 8.42 Å². The smallest absolute Gasteiger partial charge is 0.243 e. The molecule has 110 valence electrons. The van der Waals surface area contributed by atoms with Crippen molar-refractivity contribution in [2.24, 2.45) is 0 Å². The molecule has 3 rings (SSSR count). The molecular formula is C15H16N2O3S. The standard InChI is InChI=1S/C15H16N2O3S/c16-13-5-3-6-14(10-13)21(18,19)17-8-9-20-15-7-2-1-4-12(15)11-17/h1-7,10H,8-9,11,16H2. The molecule has 0 amide bonds. The van der Waals surface area contributed by atoms with E-state index in [0.29, 0.717) is 25.4 Å². The third-order valence-electron chi connectivity index (χ3n) is 3.41. The molecule has 0 unspecified atom stereocenters. The third-order valence-corrected chi connectivity index (χ3v) is 5.25. The van der Waals surface area contributed by atoms with E-state index >= 15 is 0 Å². The maximum Gasteiger partial charge on any atom is 0.243 e. The van der Waals surface area contributed by atoms with E-state index in [2.05, 4.69) is 0 Å². The lowest BCUT2D eigenvalue weighted by atomic mass is 10.2. The van der Waals surface area contributed by atoms with Crippen LogP contribution in [0, 0.1) is 0 Å². The Morgan fingerprint density at radius 1 is 1.10 bits per heavy atom. The van der Waals surface area contributed by atoms with Gasteiger partial charge in [-0.2, -0.15) is 4.31 Å². The highest BCUT2D eigenvalue weighted by Crippen LogP contribution is 2.26. The Bertz CT molecular complexity index is 759. The topological polar surface area (TPSA) is 72.6 Å². The fourth-order valence-corrected chi connectivity index (χ4v) is 3.79. The predicted molar refractivity (Wildman–Crippen MR) is 80.4 cm³/mol. The first-order valence-electron chi connectivity index (χ1n) is 6.64. The quantitative estimate of drug-likeness (QED) is 0.859. The maximum atomic E-state index is 12.7. The molecular weight excluding hydrogens is 288 g/mol. The number of benzene rings is 2. The molecule has 0 bridgehead atoms. The number of para-hydroxylation sites is 1. The van der Waals surface area contributed by atoms with E-state index in [1.807, 2.05) is 24.3 Å². The van der Waals surface area contributed by atoms with Crippen LogP contribution in [-0.2, 0) is 16.6 Å². The number of rotatable bonds is 2. The second-order valence-corrected chi connectivity index (χ2v) is 6.81. The molecule has 1 heterocycles. The normalized spacial score (nSPS) is 15.8. The first-order valence-corrected chi connectivity index (χ1v) is 8.08. The van der Waals surface area contributed by atoms with Crippen molar-refractivity contribution in [3.8, 4) is 5.75 Å². The number of ether oxygens (including phenoxy) is 1. The number of nitrogens with zero attached hydrogens (tertiary/aromatic N) is 1. The van der Waals surface area contributed by atoms with Gasteiger partial charge in [-0.05, 0) is 24.3 Å². The molecule has 1 aliphatic rings. The Morgan fingerprint density at radius 3 is 2.71 bits per heavy atom. The molecule has 0 aromatic heterocycles. The van der Waals surface area contributed by atoms with Gasteiger partial charge in [0.05, 0.1) is 4.90 Å². The van der Waals surface area contributed by atoms with E-state index in [0.717, 1.165) is 11.3 Å². The van der Waals surface area contributed by atoms with Gasteiger partial charge in [0.2, 0.25) is 10.0 Å². The molecule has 2 N–H and O–H groups in total. The Balaban J connectivity index is 1.96. The van der Waals surface area contributed by atoms with E-state index in [1.165, 1.54) is 10.4 Å². The van der Waals surface area contributed by atoms with Crippen LogP contribution < -0.4 is 10.5 Å². The molecule has 0 fully saturated rings. The minimum absolute atomic E-state index is 0.210. The lowest BCUT2D eigenvalue weighted by Gasteiger charge is -2.19. The summed E-state index contributed by atoms with van der Waals surface area (Å²) >= 11 is 0. The molecule has 1 aliphatic heterocycles. The van der Waals surface area contributed by atoms with Crippen LogP contribution in [-0.4, -0.2) is 25.9 Å². The largest absolute Gasteiger partial charge is 0.492 e. The first-order chi connectivity index (χ1) is 10.1. The predicted octanol–water partition coefficient (Wildman–Crippen LogP) is 1.85. The van der Waals surface area contributed by atoms with E-state index in [1.54, 1.807) is 18.2 Å². The molecule has 0 saturated carbocycles. The van der Waals surface area contributed by atoms with Crippen molar-refractivity contribution < 1.29 is 13.2 Å². The summed E-state index contributed by atoms with van der Waals surface area (Å²) in [6.07, 6.45) is 0. The van der Waals surface area contributed by atoms with Crippen molar-refractivity contribution in [1.82, 2.24) is 4.31 Å². The molecule has 2 aromatic rings. The number of nitrogen functional groups attached to an aromatic ring is 1. The van der Waals surface area contributed by atoms with E-state index < -0.39 is 10.0 Å². The monoisotopic (exact) mass is 304 g/mol. The average molecular weight is 304 g/mol. The van der Waals surface area contributed by atoms with Gasteiger partial charge in [-0.1, -0.05) is 24.3 Å². The molecule has 6 heteroatoms. The van der Waals surface area contributed by atoms with Gasteiger partial charge in [-0.3, -0.25) is 0 Å². The minimum Gasteiger partial charge on any atom is -0.492 e. The molecule has 0 radical (unpaired) electrons. The number of nitrogens with two attached hydrogens (primary N) is 1. The van der Waals surface area contributed by atoms with E-state index in [4.69, 9.17) is 10.5 Å². The van der Waals surface area contributed by atoms with Gasteiger partial charge in [0.25, 0.3) is 0 Å². The van der Waals surface area contributed by atoms with Crippen molar-refractivity contribution in [3.05, 3.63) is 54.1 Å². The molecule has 0 atom stereocenters. The van der Waals surface area contributed by atoms with E-state index in [9.17, 15) is 8.42 Å². The van der Waals surface area contributed by atoms with Crippen molar-refractivity contribution in [1.29, 1.82) is 0 Å².